The van der Waals surface area contributed by atoms with E-state index >= 15 is 0 Å². The van der Waals surface area contributed by atoms with Crippen molar-refractivity contribution in [1.82, 2.24) is 4.90 Å². The highest BCUT2D eigenvalue weighted by Gasteiger charge is 2.52. The van der Waals surface area contributed by atoms with Crippen LogP contribution in [0, 0.1) is 11.8 Å². The third-order valence-electron chi connectivity index (χ3n) is 3.17. The smallest absolute Gasteiger partial charge is 0.254 e. The Labute approximate surface area is 85.1 Å². The molecule has 0 atom stereocenters. The van der Waals surface area contributed by atoms with Crippen LogP contribution in [0.15, 0.2) is 0 Å². The number of hydrogen-bond acceptors (Lipinski definition) is 2. The van der Waals surface area contributed by atoms with Crippen molar-refractivity contribution in [2.45, 2.75) is 38.7 Å². The van der Waals surface area contributed by atoms with Crippen LogP contribution < -0.4 is 0 Å². The second-order valence-electron chi connectivity index (χ2n) is 5.24. The Morgan fingerprint density at radius 3 is 2.50 bits per heavy atom. The van der Waals surface area contributed by atoms with Crippen molar-refractivity contribution in [3.8, 4) is 0 Å². The molecule has 1 aliphatic carbocycles. The molecule has 14 heavy (non-hydrogen) atoms. The number of carbonyl (C=O) groups is 1. The molecule has 1 saturated heterocycles. The van der Waals surface area contributed by atoms with Crippen LogP contribution in [0.1, 0.15) is 33.1 Å². The molecule has 0 aromatic carbocycles. The lowest BCUT2D eigenvalue weighted by atomic mass is 9.90. The molecule has 2 fully saturated rings. The third-order valence-corrected chi connectivity index (χ3v) is 3.17. The SMILES string of the molecule is CC(C)CC1CN(C(=O)C2(O)CC2)C1. The van der Waals surface area contributed by atoms with Crippen molar-refractivity contribution < 1.29 is 9.90 Å². The number of nitrogens with zero attached hydrogens (tertiary/aromatic N) is 1. The minimum absolute atomic E-state index is 0.0301. The van der Waals surface area contributed by atoms with Crippen molar-refractivity contribution in [1.29, 1.82) is 0 Å². The number of rotatable bonds is 3. The second kappa shape index (κ2) is 3.23. The van der Waals surface area contributed by atoms with E-state index in [2.05, 4.69) is 13.8 Å². The maximum Gasteiger partial charge on any atom is 0.254 e. The maximum atomic E-state index is 11.6. The van der Waals surface area contributed by atoms with Gasteiger partial charge in [-0.2, -0.15) is 0 Å². The van der Waals surface area contributed by atoms with E-state index in [9.17, 15) is 9.90 Å². The lowest BCUT2D eigenvalue weighted by Crippen LogP contribution is -2.54. The van der Waals surface area contributed by atoms with Gasteiger partial charge in [0.25, 0.3) is 5.91 Å². The average molecular weight is 197 g/mol. The van der Waals surface area contributed by atoms with Crippen molar-refractivity contribution in [2.75, 3.05) is 13.1 Å². The zero-order valence-electron chi connectivity index (χ0n) is 8.99. The largest absolute Gasteiger partial charge is 0.380 e. The molecule has 0 aromatic rings. The highest BCUT2D eigenvalue weighted by atomic mass is 16.3. The summed E-state index contributed by atoms with van der Waals surface area (Å²) in [6, 6.07) is 0. The summed E-state index contributed by atoms with van der Waals surface area (Å²) in [5.41, 5.74) is -0.956. The first-order valence-electron chi connectivity index (χ1n) is 5.53. The fourth-order valence-corrected chi connectivity index (χ4v) is 2.18. The molecule has 0 bridgehead atoms. The first-order chi connectivity index (χ1) is 6.51. The zero-order chi connectivity index (χ0) is 10.3. The molecule has 0 spiro atoms. The Balaban J connectivity index is 1.75. The number of hydrogen-bond donors (Lipinski definition) is 1. The summed E-state index contributed by atoms with van der Waals surface area (Å²) in [7, 11) is 0. The monoisotopic (exact) mass is 197 g/mol. The number of carbonyl (C=O) groups excluding carboxylic acids is 1. The van der Waals surface area contributed by atoms with Crippen molar-refractivity contribution >= 4 is 5.91 Å². The summed E-state index contributed by atoms with van der Waals surface area (Å²) >= 11 is 0. The molecule has 0 unspecified atom stereocenters. The van der Waals surface area contributed by atoms with Gasteiger partial charge in [-0.3, -0.25) is 4.79 Å². The Kier molecular flexibility index (Phi) is 2.30. The lowest BCUT2D eigenvalue weighted by Gasteiger charge is -2.41. The van der Waals surface area contributed by atoms with Gasteiger partial charge in [0.2, 0.25) is 0 Å². The van der Waals surface area contributed by atoms with E-state index in [1.54, 1.807) is 4.90 Å². The molecule has 3 nitrogen and oxygen atoms in total. The van der Waals surface area contributed by atoms with Crippen molar-refractivity contribution in [3.05, 3.63) is 0 Å². The summed E-state index contributed by atoms with van der Waals surface area (Å²) < 4.78 is 0. The number of likely N-dealkylation sites (tertiary alicyclic amines) is 1. The van der Waals surface area contributed by atoms with Gasteiger partial charge in [0.05, 0.1) is 0 Å². The molecular weight excluding hydrogens is 178 g/mol. The molecule has 3 heteroatoms. The molecule has 1 amide bonds. The second-order valence-corrected chi connectivity index (χ2v) is 5.24. The summed E-state index contributed by atoms with van der Waals surface area (Å²) in [5.74, 6) is 1.35. The van der Waals surface area contributed by atoms with Gasteiger partial charge in [-0.25, -0.2) is 0 Å². The van der Waals surface area contributed by atoms with Gasteiger partial charge in [-0.15, -0.1) is 0 Å². The average Bonchev–Trinajstić information content (AvgIpc) is 2.75. The van der Waals surface area contributed by atoms with E-state index in [-0.39, 0.29) is 5.91 Å². The fraction of sp³-hybridized carbons (Fsp3) is 0.909. The molecular formula is C11H19NO2. The van der Waals surface area contributed by atoms with Gasteiger partial charge in [0, 0.05) is 13.1 Å². The van der Waals surface area contributed by atoms with E-state index in [0.29, 0.717) is 24.7 Å². The van der Waals surface area contributed by atoms with Gasteiger partial charge in [0.15, 0.2) is 0 Å². The topological polar surface area (TPSA) is 40.5 Å². The van der Waals surface area contributed by atoms with Crippen LogP contribution in [0.3, 0.4) is 0 Å². The predicted molar refractivity (Wildman–Crippen MR) is 53.7 cm³/mol. The Morgan fingerprint density at radius 2 is 2.07 bits per heavy atom. The van der Waals surface area contributed by atoms with Crippen LogP contribution in [0.4, 0.5) is 0 Å². The summed E-state index contributed by atoms with van der Waals surface area (Å²) in [5, 5.41) is 9.61. The summed E-state index contributed by atoms with van der Waals surface area (Å²) in [6.07, 6.45) is 2.52. The zero-order valence-corrected chi connectivity index (χ0v) is 8.99. The Hall–Kier alpha value is -0.570. The minimum atomic E-state index is -0.956. The van der Waals surface area contributed by atoms with Crippen LogP contribution in [0.2, 0.25) is 0 Å². The van der Waals surface area contributed by atoms with Crippen LogP contribution in [-0.4, -0.2) is 34.6 Å². The van der Waals surface area contributed by atoms with Gasteiger partial charge in [0.1, 0.15) is 5.60 Å². The minimum Gasteiger partial charge on any atom is -0.380 e. The fourth-order valence-electron chi connectivity index (χ4n) is 2.18. The molecule has 80 valence electrons. The van der Waals surface area contributed by atoms with Gasteiger partial charge in [-0.05, 0) is 31.1 Å². The van der Waals surface area contributed by atoms with Gasteiger partial charge < -0.3 is 10.0 Å². The molecule has 1 aliphatic heterocycles. The third kappa shape index (κ3) is 1.78. The Bertz CT molecular complexity index is 240. The van der Waals surface area contributed by atoms with Gasteiger partial charge in [-0.1, -0.05) is 13.8 Å². The van der Waals surface area contributed by atoms with Crippen LogP contribution >= 0.6 is 0 Å². The first-order valence-corrected chi connectivity index (χ1v) is 5.53. The highest BCUT2D eigenvalue weighted by Crippen LogP contribution is 2.39. The van der Waals surface area contributed by atoms with Crippen LogP contribution in [0.5, 0.6) is 0 Å². The van der Waals surface area contributed by atoms with E-state index in [0.717, 1.165) is 13.1 Å². The highest BCUT2D eigenvalue weighted by molar-refractivity contribution is 5.88. The number of aliphatic hydroxyl groups is 1. The van der Waals surface area contributed by atoms with E-state index in [1.807, 2.05) is 0 Å². The standard InChI is InChI=1S/C11H19NO2/c1-8(2)5-9-6-12(7-9)10(13)11(14)3-4-11/h8-9,14H,3-7H2,1-2H3. The molecule has 1 saturated carbocycles. The summed E-state index contributed by atoms with van der Waals surface area (Å²) in [6.45, 7) is 6.14. The van der Waals surface area contributed by atoms with Gasteiger partial charge >= 0.3 is 0 Å². The quantitative estimate of drug-likeness (QED) is 0.733. The molecule has 2 rings (SSSR count). The van der Waals surface area contributed by atoms with E-state index in [4.69, 9.17) is 0 Å². The van der Waals surface area contributed by atoms with E-state index in [1.165, 1.54) is 6.42 Å². The van der Waals surface area contributed by atoms with Crippen molar-refractivity contribution in [2.24, 2.45) is 11.8 Å². The van der Waals surface area contributed by atoms with E-state index < -0.39 is 5.60 Å². The van der Waals surface area contributed by atoms with Crippen LogP contribution in [-0.2, 0) is 4.79 Å². The molecule has 0 radical (unpaired) electrons. The normalized spacial score (nSPS) is 25.0. The molecule has 0 aromatic heterocycles. The number of amides is 1. The van der Waals surface area contributed by atoms with Crippen LogP contribution in [0.25, 0.3) is 0 Å². The molecule has 1 heterocycles. The van der Waals surface area contributed by atoms with Crippen molar-refractivity contribution in [3.63, 3.8) is 0 Å². The molecule has 2 aliphatic rings. The molecule has 1 N–H and O–H groups in total. The predicted octanol–water partition coefficient (Wildman–Crippen LogP) is 1.02. The first kappa shape index (κ1) is 9.97. The Morgan fingerprint density at radius 1 is 1.50 bits per heavy atom. The maximum absolute atomic E-state index is 11.6. The summed E-state index contributed by atoms with van der Waals surface area (Å²) in [4.78, 5) is 13.4. The lowest BCUT2D eigenvalue weighted by molar-refractivity contribution is -0.149.